The summed E-state index contributed by atoms with van der Waals surface area (Å²) in [5.41, 5.74) is 1.99. The second-order valence-corrected chi connectivity index (χ2v) is 5.30. The molecule has 0 bridgehead atoms. The van der Waals surface area contributed by atoms with Crippen molar-refractivity contribution in [3.05, 3.63) is 82.9 Å². The molecule has 2 aromatic rings. The Hall–Kier alpha value is -3.34. The summed E-state index contributed by atoms with van der Waals surface area (Å²) >= 11 is 0. The van der Waals surface area contributed by atoms with Gasteiger partial charge in [0.25, 0.3) is 0 Å². The van der Waals surface area contributed by atoms with Crippen LogP contribution in [0, 0.1) is 6.92 Å². The van der Waals surface area contributed by atoms with Gasteiger partial charge in [0.15, 0.2) is 11.3 Å². The second kappa shape index (κ2) is 6.42. The van der Waals surface area contributed by atoms with Gasteiger partial charge >= 0.3 is 5.97 Å². The molecule has 2 aromatic carbocycles. The van der Waals surface area contributed by atoms with Crippen LogP contribution in [0.3, 0.4) is 0 Å². The summed E-state index contributed by atoms with van der Waals surface area (Å²) in [5.74, 6) is -2.06. The lowest BCUT2D eigenvalue weighted by molar-refractivity contribution is -0.134. The number of allylic oxidation sites excluding steroid dienone is 1. The van der Waals surface area contributed by atoms with E-state index in [-0.39, 0.29) is 11.6 Å². The lowest BCUT2D eigenvalue weighted by Crippen LogP contribution is -2.12. The minimum atomic E-state index is -1.33. The molecule has 1 aliphatic heterocycles. The molecule has 0 atom stereocenters. The maximum Gasteiger partial charge on any atom is 0.345 e. The summed E-state index contributed by atoms with van der Waals surface area (Å²) in [4.78, 5) is 23.8. The van der Waals surface area contributed by atoms with Crippen LogP contribution in [0.15, 0.2) is 71.8 Å². The standard InChI is InChI=1S/C19H15NO4/c1-12-7-5-6-8-13(12)11-15-17(21)16(19(22)23)18(24-15)20-14-9-3-2-4-10-14/h2-11,20H,1H3,(H,22,23)/b15-11-. The molecule has 0 fully saturated rings. The van der Waals surface area contributed by atoms with Crippen molar-refractivity contribution in [3.8, 4) is 0 Å². The zero-order valence-electron chi connectivity index (χ0n) is 12.9. The number of benzene rings is 2. The zero-order valence-corrected chi connectivity index (χ0v) is 12.9. The van der Waals surface area contributed by atoms with E-state index in [9.17, 15) is 14.7 Å². The molecule has 3 rings (SSSR count). The van der Waals surface area contributed by atoms with E-state index in [2.05, 4.69) is 5.32 Å². The number of ether oxygens (including phenoxy) is 1. The van der Waals surface area contributed by atoms with E-state index in [1.165, 1.54) is 0 Å². The number of carbonyl (C=O) groups excluding carboxylic acids is 1. The number of Topliss-reactive ketones (excluding diaryl/α,β-unsaturated/α-hetero) is 1. The molecule has 0 radical (unpaired) electrons. The molecule has 2 N–H and O–H groups in total. The molecule has 1 heterocycles. The van der Waals surface area contributed by atoms with Crippen LogP contribution >= 0.6 is 0 Å². The molecule has 0 saturated heterocycles. The van der Waals surface area contributed by atoms with Gasteiger partial charge < -0.3 is 15.2 Å². The summed E-state index contributed by atoms with van der Waals surface area (Å²) < 4.78 is 5.51. The number of nitrogens with one attached hydrogen (secondary N) is 1. The van der Waals surface area contributed by atoms with Gasteiger partial charge in [0.05, 0.1) is 0 Å². The molecule has 5 nitrogen and oxygen atoms in total. The van der Waals surface area contributed by atoms with Crippen molar-refractivity contribution in [3.63, 3.8) is 0 Å². The number of carboxylic acid groups (broad SMARTS) is 1. The monoisotopic (exact) mass is 321 g/mol. The van der Waals surface area contributed by atoms with E-state index in [0.717, 1.165) is 11.1 Å². The first-order valence-corrected chi connectivity index (χ1v) is 7.36. The molecule has 0 unspecified atom stereocenters. The van der Waals surface area contributed by atoms with Crippen molar-refractivity contribution in [1.29, 1.82) is 0 Å². The first-order chi connectivity index (χ1) is 11.6. The Bertz CT molecular complexity index is 866. The normalized spacial score (nSPS) is 15.5. The van der Waals surface area contributed by atoms with Crippen LogP contribution in [-0.4, -0.2) is 16.9 Å². The summed E-state index contributed by atoms with van der Waals surface area (Å²) in [5, 5.41) is 12.2. The fraction of sp³-hybridized carbons (Fsp3) is 0.0526. The number of para-hydroxylation sites is 1. The number of hydrogen-bond donors (Lipinski definition) is 2. The van der Waals surface area contributed by atoms with Crippen LogP contribution in [-0.2, 0) is 14.3 Å². The van der Waals surface area contributed by atoms with Crippen molar-refractivity contribution >= 4 is 23.5 Å². The predicted octanol–water partition coefficient (Wildman–Crippen LogP) is 3.34. The van der Waals surface area contributed by atoms with Gasteiger partial charge in [0.2, 0.25) is 11.7 Å². The van der Waals surface area contributed by atoms with Crippen LogP contribution < -0.4 is 5.32 Å². The van der Waals surface area contributed by atoms with Crippen molar-refractivity contribution in [2.24, 2.45) is 0 Å². The lowest BCUT2D eigenvalue weighted by atomic mass is 10.1. The highest BCUT2D eigenvalue weighted by Gasteiger charge is 2.35. The predicted molar refractivity (Wildman–Crippen MR) is 90.0 cm³/mol. The Labute approximate surface area is 138 Å². The third-order valence-corrected chi connectivity index (χ3v) is 3.61. The van der Waals surface area contributed by atoms with Gasteiger partial charge in [-0.15, -0.1) is 0 Å². The molecular formula is C19H15NO4. The molecule has 1 aliphatic rings. The average molecular weight is 321 g/mol. The van der Waals surface area contributed by atoms with Gasteiger partial charge in [-0.25, -0.2) is 4.79 Å². The number of ketones is 1. The van der Waals surface area contributed by atoms with Crippen molar-refractivity contribution in [1.82, 2.24) is 0 Å². The lowest BCUT2D eigenvalue weighted by Gasteiger charge is -2.08. The highest BCUT2D eigenvalue weighted by atomic mass is 16.5. The molecule has 0 saturated carbocycles. The van der Waals surface area contributed by atoms with E-state index < -0.39 is 17.3 Å². The summed E-state index contributed by atoms with van der Waals surface area (Å²) in [7, 11) is 0. The smallest absolute Gasteiger partial charge is 0.345 e. The Morgan fingerprint density at radius 3 is 2.42 bits per heavy atom. The number of aryl methyl sites for hydroxylation is 1. The van der Waals surface area contributed by atoms with Crippen LogP contribution in [0.5, 0.6) is 0 Å². The Morgan fingerprint density at radius 2 is 1.75 bits per heavy atom. The van der Waals surface area contributed by atoms with Crippen LogP contribution in [0.2, 0.25) is 0 Å². The molecular weight excluding hydrogens is 306 g/mol. The highest BCUT2D eigenvalue weighted by molar-refractivity contribution is 6.26. The van der Waals surface area contributed by atoms with Gasteiger partial charge in [-0.1, -0.05) is 42.5 Å². The largest absolute Gasteiger partial charge is 0.477 e. The summed E-state index contributed by atoms with van der Waals surface area (Å²) in [6.07, 6.45) is 1.56. The van der Waals surface area contributed by atoms with E-state index in [0.29, 0.717) is 5.69 Å². The number of rotatable bonds is 4. The molecule has 0 spiro atoms. The fourth-order valence-corrected chi connectivity index (χ4v) is 2.35. The van der Waals surface area contributed by atoms with Gasteiger partial charge in [-0.05, 0) is 36.3 Å². The van der Waals surface area contributed by atoms with E-state index in [4.69, 9.17) is 4.74 Å². The Kier molecular flexibility index (Phi) is 4.16. The fourth-order valence-electron chi connectivity index (χ4n) is 2.35. The van der Waals surface area contributed by atoms with Gasteiger partial charge in [0, 0.05) is 5.69 Å². The molecule has 0 aromatic heterocycles. The van der Waals surface area contributed by atoms with Crippen molar-refractivity contribution < 1.29 is 19.4 Å². The van der Waals surface area contributed by atoms with Crippen molar-refractivity contribution in [2.75, 3.05) is 5.32 Å². The van der Waals surface area contributed by atoms with E-state index in [1.54, 1.807) is 30.3 Å². The number of carbonyl (C=O) groups is 2. The number of carboxylic acids is 1. The second-order valence-electron chi connectivity index (χ2n) is 5.30. The van der Waals surface area contributed by atoms with Crippen molar-refractivity contribution in [2.45, 2.75) is 6.92 Å². The highest BCUT2D eigenvalue weighted by Crippen LogP contribution is 2.28. The third-order valence-electron chi connectivity index (χ3n) is 3.61. The molecule has 0 amide bonds. The molecule has 5 heteroatoms. The number of anilines is 1. The first kappa shape index (κ1) is 15.6. The topological polar surface area (TPSA) is 75.6 Å². The summed E-state index contributed by atoms with van der Waals surface area (Å²) in [6, 6.07) is 16.4. The van der Waals surface area contributed by atoms with Crippen LogP contribution in [0.1, 0.15) is 11.1 Å². The van der Waals surface area contributed by atoms with Gasteiger partial charge in [-0.2, -0.15) is 0 Å². The van der Waals surface area contributed by atoms with E-state index in [1.807, 2.05) is 37.3 Å². The summed E-state index contributed by atoms with van der Waals surface area (Å²) in [6.45, 7) is 1.90. The number of hydrogen-bond acceptors (Lipinski definition) is 4. The first-order valence-electron chi connectivity index (χ1n) is 7.36. The van der Waals surface area contributed by atoms with Crippen LogP contribution in [0.4, 0.5) is 5.69 Å². The zero-order chi connectivity index (χ0) is 17.1. The van der Waals surface area contributed by atoms with Crippen LogP contribution in [0.25, 0.3) is 6.08 Å². The third kappa shape index (κ3) is 3.05. The van der Waals surface area contributed by atoms with E-state index >= 15 is 0 Å². The van der Waals surface area contributed by atoms with Gasteiger partial charge in [-0.3, -0.25) is 4.79 Å². The minimum absolute atomic E-state index is 0.0138. The maximum atomic E-state index is 12.4. The molecule has 120 valence electrons. The Balaban J connectivity index is 1.95. The maximum absolute atomic E-state index is 12.4. The van der Waals surface area contributed by atoms with Gasteiger partial charge in [0.1, 0.15) is 0 Å². The number of aliphatic carboxylic acids is 1. The Morgan fingerprint density at radius 1 is 1.08 bits per heavy atom. The SMILES string of the molecule is Cc1ccccc1/C=C1\OC(Nc2ccccc2)=C(C(=O)O)C1=O. The quantitative estimate of drug-likeness (QED) is 0.667. The molecule has 24 heavy (non-hydrogen) atoms. The minimum Gasteiger partial charge on any atom is -0.477 e. The average Bonchev–Trinajstić information content (AvgIpc) is 2.86. The molecule has 0 aliphatic carbocycles.